The number of ketones is 3. The van der Waals surface area contributed by atoms with E-state index in [1.165, 1.54) is 7.11 Å². The van der Waals surface area contributed by atoms with Crippen LogP contribution in [0.15, 0.2) is 12.1 Å². The molecule has 2 atom stereocenters. The zero-order chi connectivity index (χ0) is 23.9. The molecule has 0 aliphatic heterocycles. The second-order valence-corrected chi connectivity index (χ2v) is 9.43. The number of sulfonamides is 1. The molecule has 13 heteroatoms. The molecular formula is C19H21F3N2O7S. The number of ether oxygens (including phenoxy) is 2. The molecule has 2 aliphatic carbocycles. The molecule has 2 saturated carbocycles. The molecule has 2 unspecified atom stereocenters. The summed E-state index contributed by atoms with van der Waals surface area (Å²) in [7, 11) is -3.74. The van der Waals surface area contributed by atoms with Gasteiger partial charge in [-0.3, -0.25) is 14.4 Å². The second-order valence-electron chi connectivity index (χ2n) is 7.72. The lowest BCUT2D eigenvalue weighted by atomic mass is 9.74. The van der Waals surface area contributed by atoms with E-state index in [2.05, 4.69) is 4.98 Å². The van der Waals surface area contributed by atoms with Crippen LogP contribution in [-0.2, 0) is 41.9 Å². The molecule has 3 rings (SSSR count). The van der Waals surface area contributed by atoms with Gasteiger partial charge in [0, 0.05) is 24.5 Å². The number of nitrogens with two attached hydrogens (primary N) is 1. The van der Waals surface area contributed by atoms with E-state index in [4.69, 9.17) is 14.6 Å². The van der Waals surface area contributed by atoms with Crippen molar-refractivity contribution >= 4 is 27.4 Å². The Kier molecular flexibility index (Phi) is 6.57. The van der Waals surface area contributed by atoms with Gasteiger partial charge in [-0.1, -0.05) is 0 Å². The minimum absolute atomic E-state index is 0.0651. The van der Waals surface area contributed by atoms with Crippen molar-refractivity contribution in [3.63, 3.8) is 0 Å². The average molecular weight is 478 g/mol. The molecule has 176 valence electrons. The van der Waals surface area contributed by atoms with Gasteiger partial charge in [0.25, 0.3) is 4.75 Å². The van der Waals surface area contributed by atoms with E-state index in [0.717, 1.165) is 0 Å². The monoisotopic (exact) mass is 478 g/mol. The number of primary sulfonamides is 1. The number of halogens is 3. The van der Waals surface area contributed by atoms with Crippen LogP contribution in [0.1, 0.15) is 41.0 Å². The summed E-state index contributed by atoms with van der Waals surface area (Å²) in [5.41, 5.74) is -2.57. The van der Waals surface area contributed by atoms with Crippen molar-refractivity contribution < 1.29 is 45.4 Å². The number of hydrogen-bond donors (Lipinski definition) is 1. The van der Waals surface area contributed by atoms with E-state index < -0.39 is 73.7 Å². The average Bonchev–Trinajstić information content (AvgIpc) is 3.15. The summed E-state index contributed by atoms with van der Waals surface area (Å²) in [6, 6.07) is 1.16. The maximum absolute atomic E-state index is 13.5. The molecule has 0 aromatic carbocycles. The Morgan fingerprint density at radius 3 is 2.28 bits per heavy atom. The summed E-state index contributed by atoms with van der Waals surface area (Å²) in [6.07, 6.45) is -4.31. The van der Waals surface area contributed by atoms with Crippen molar-refractivity contribution in [2.24, 2.45) is 17.0 Å². The lowest BCUT2D eigenvalue weighted by Gasteiger charge is -2.34. The number of aromatic nitrogens is 1. The zero-order valence-electron chi connectivity index (χ0n) is 17.0. The van der Waals surface area contributed by atoms with E-state index in [0.29, 0.717) is 12.1 Å². The predicted octanol–water partition coefficient (Wildman–Crippen LogP) is 1.04. The number of methoxy groups -OCH3 is 1. The first-order valence-electron chi connectivity index (χ1n) is 9.65. The highest BCUT2D eigenvalue weighted by molar-refractivity contribution is 7.93. The Morgan fingerprint density at radius 1 is 1.19 bits per heavy atom. The van der Waals surface area contributed by atoms with Crippen molar-refractivity contribution in [3.8, 4) is 0 Å². The van der Waals surface area contributed by atoms with E-state index >= 15 is 0 Å². The highest BCUT2D eigenvalue weighted by Crippen LogP contribution is 2.46. The fourth-order valence-electron chi connectivity index (χ4n) is 4.26. The first kappa shape index (κ1) is 24.4. The number of carbonyl (C=O) groups excluding carboxylic acids is 3. The van der Waals surface area contributed by atoms with Gasteiger partial charge in [0.1, 0.15) is 5.69 Å². The fourth-order valence-corrected chi connectivity index (χ4v) is 5.53. The maximum atomic E-state index is 13.5. The first-order valence-corrected chi connectivity index (χ1v) is 11.2. The normalized spacial score (nSPS) is 25.9. The molecule has 1 aromatic heterocycles. The maximum Gasteiger partial charge on any atom is 0.433 e. The number of rotatable bonds is 8. The van der Waals surface area contributed by atoms with Crippen molar-refractivity contribution in [1.29, 1.82) is 0 Å². The number of Topliss-reactive ketones (excluding diaryl/α,β-unsaturated/α-hetero) is 3. The van der Waals surface area contributed by atoms with Crippen LogP contribution in [0, 0.1) is 11.8 Å². The van der Waals surface area contributed by atoms with Crippen LogP contribution in [0.3, 0.4) is 0 Å². The van der Waals surface area contributed by atoms with E-state index in [9.17, 15) is 36.0 Å². The number of alkyl halides is 3. The molecule has 2 bridgehead atoms. The topological polar surface area (TPSA) is 143 Å². The van der Waals surface area contributed by atoms with Crippen molar-refractivity contribution in [2.75, 3.05) is 20.3 Å². The van der Waals surface area contributed by atoms with E-state index in [1.807, 2.05) is 0 Å². The van der Waals surface area contributed by atoms with Gasteiger partial charge in [-0.2, -0.15) is 13.2 Å². The SMILES string of the molecule is COCCOCc1nc(C(F)(F)F)ccc1C(=O)C1(S(N)(=O)=O)C(=O)C2CCC(C2)C1=O. The minimum atomic E-state index is -5.10. The fraction of sp³-hybridized carbons (Fsp3) is 0.579. The Balaban J connectivity index is 2.14. The van der Waals surface area contributed by atoms with Crippen LogP contribution in [0.4, 0.5) is 13.2 Å². The van der Waals surface area contributed by atoms with E-state index in [-0.39, 0.29) is 32.5 Å². The molecule has 2 aliphatic rings. The van der Waals surface area contributed by atoms with Crippen LogP contribution in [0.2, 0.25) is 0 Å². The van der Waals surface area contributed by atoms with Gasteiger partial charge in [-0.05, 0) is 31.4 Å². The van der Waals surface area contributed by atoms with Crippen molar-refractivity contribution in [1.82, 2.24) is 4.98 Å². The third-order valence-electron chi connectivity index (χ3n) is 5.79. The Bertz CT molecular complexity index is 1030. The van der Waals surface area contributed by atoms with Crippen LogP contribution in [0.5, 0.6) is 0 Å². The van der Waals surface area contributed by atoms with Gasteiger partial charge in [0.05, 0.1) is 25.5 Å². The molecule has 1 aromatic rings. The molecule has 2 N–H and O–H groups in total. The Labute approximate surface area is 181 Å². The number of nitrogens with zero attached hydrogens (tertiary/aromatic N) is 1. The molecule has 0 amide bonds. The Hall–Kier alpha value is -2.22. The second kappa shape index (κ2) is 8.61. The van der Waals surface area contributed by atoms with E-state index in [1.54, 1.807) is 0 Å². The summed E-state index contributed by atoms with van der Waals surface area (Å²) in [5, 5.41) is 5.27. The molecule has 32 heavy (non-hydrogen) atoms. The molecular weight excluding hydrogens is 457 g/mol. The van der Waals surface area contributed by atoms with Crippen molar-refractivity contribution in [2.45, 2.75) is 36.8 Å². The smallest absolute Gasteiger partial charge is 0.382 e. The van der Waals surface area contributed by atoms with Crippen LogP contribution in [-0.4, -0.2) is 55.8 Å². The standard InChI is InChI=1S/C19H21F3N2O7S/c1-30-6-7-31-9-13-12(4-5-14(24-13)19(20,21)22)17(27)18(32(23,28)29)15(25)10-2-3-11(8-10)16(18)26/h4-5,10-11H,2-3,6-9H2,1H3,(H2,23,28,29). The summed E-state index contributed by atoms with van der Waals surface area (Å²) in [5.74, 6) is -5.50. The summed E-state index contributed by atoms with van der Waals surface area (Å²) in [4.78, 5) is 43.0. The van der Waals surface area contributed by atoms with Gasteiger partial charge < -0.3 is 9.47 Å². The van der Waals surface area contributed by atoms with Gasteiger partial charge >= 0.3 is 6.18 Å². The van der Waals surface area contributed by atoms with Crippen LogP contribution < -0.4 is 5.14 Å². The minimum Gasteiger partial charge on any atom is -0.382 e. The number of pyridine rings is 1. The Morgan fingerprint density at radius 2 is 1.78 bits per heavy atom. The quantitative estimate of drug-likeness (QED) is 0.332. The number of carbonyl (C=O) groups is 3. The molecule has 0 saturated heterocycles. The molecule has 9 nitrogen and oxygen atoms in total. The molecule has 2 fully saturated rings. The number of hydrogen-bond acceptors (Lipinski definition) is 8. The van der Waals surface area contributed by atoms with Gasteiger partial charge in [0.2, 0.25) is 15.8 Å². The molecule has 0 spiro atoms. The predicted molar refractivity (Wildman–Crippen MR) is 102 cm³/mol. The lowest BCUT2D eigenvalue weighted by Crippen LogP contribution is -2.66. The summed E-state index contributed by atoms with van der Waals surface area (Å²) in [6.45, 7) is -0.599. The summed E-state index contributed by atoms with van der Waals surface area (Å²) >= 11 is 0. The third-order valence-corrected chi connectivity index (χ3v) is 7.24. The largest absolute Gasteiger partial charge is 0.433 e. The molecule has 1 heterocycles. The van der Waals surface area contributed by atoms with Crippen LogP contribution >= 0.6 is 0 Å². The first-order chi connectivity index (χ1) is 14.9. The lowest BCUT2D eigenvalue weighted by molar-refractivity contribution is -0.141. The zero-order valence-corrected chi connectivity index (χ0v) is 17.8. The highest BCUT2D eigenvalue weighted by Gasteiger charge is 2.68. The highest BCUT2D eigenvalue weighted by atomic mass is 32.2. The number of fused-ring (bicyclic) bond motifs is 2. The molecule has 0 radical (unpaired) electrons. The van der Waals surface area contributed by atoms with Crippen molar-refractivity contribution in [3.05, 3.63) is 29.1 Å². The van der Waals surface area contributed by atoms with Gasteiger partial charge in [0.15, 0.2) is 11.6 Å². The van der Waals surface area contributed by atoms with Crippen LogP contribution in [0.25, 0.3) is 0 Å². The van der Waals surface area contributed by atoms with Gasteiger partial charge in [-0.25, -0.2) is 18.5 Å². The van der Waals surface area contributed by atoms with Gasteiger partial charge in [-0.15, -0.1) is 0 Å². The summed E-state index contributed by atoms with van der Waals surface area (Å²) < 4.78 is 71.4. The third kappa shape index (κ3) is 3.98.